The molecule has 0 unspecified atom stereocenters. The number of thiocarbonyl (C=S) groups is 1. The second-order valence-electron chi connectivity index (χ2n) is 8.79. The van der Waals surface area contributed by atoms with E-state index in [-0.39, 0.29) is 24.3 Å². The summed E-state index contributed by atoms with van der Waals surface area (Å²) in [5.74, 6) is 0.737. The Morgan fingerprint density at radius 2 is 1.81 bits per heavy atom. The van der Waals surface area contributed by atoms with Crippen LogP contribution in [-0.4, -0.2) is 29.9 Å². The molecule has 0 radical (unpaired) electrons. The van der Waals surface area contributed by atoms with Gasteiger partial charge in [-0.1, -0.05) is 80.3 Å². The quantitative estimate of drug-likeness (QED) is 0.262. The fourth-order valence-corrected chi connectivity index (χ4v) is 5.26. The van der Waals surface area contributed by atoms with Crippen molar-refractivity contribution in [1.29, 1.82) is 0 Å². The monoisotopic (exact) mass is 532 g/mol. The van der Waals surface area contributed by atoms with Gasteiger partial charge in [0.15, 0.2) is 22.4 Å². The zero-order valence-electron chi connectivity index (χ0n) is 21.1. The number of anilines is 2. The van der Waals surface area contributed by atoms with Crippen LogP contribution in [0.15, 0.2) is 71.6 Å². The van der Waals surface area contributed by atoms with Crippen LogP contribution in [0.1, 0.15) is 36.5 Å². The molecule has 1 fully saturated rings. The number of rotatable bonds is 8. The molecule has 8 heteroatoms. The predicted octanol–water partition coefficient (Wildman–Crippen LogP) is 6.55. The van der Waals surface area contributed by atoms with Crippen LogP contribution in [0, 0.1) is 6.92 Å². The van der Waals surface area contributed by atoms with Gasteiger partial charge in [0, 0.05) is 5.69 Å². The van der Waals surface area contributed by atoms with Gasteiger partial charge in [-0.15, -0.1) is 0 Å². The van der Waals surface area contributed by atoms with Crippen LogP contribution in [-0.2, 0) is 9.59 Å². The van der Waals surface area contributed by atoms with Crippen LogP contribution in [0.25, 0.3) is 6.08 Å². The molecular formula is C29H28N2O4S2. The third-order valence-electron chi connectivity index (χ3n) is 5.85. The average molecular weight is 533 g/mol. The summed E-state index contributed by atoms with van der Waals surface area (Å²) in [6.07, 6.45) is 1.78. The fraction of sp³-hybridized carbons (Fsp3) is 0.207. The molecule has 0 spiro atoms. The van der Waals surface area contributed by atoms with Crippen molar-refractivity contribution in [2.45, 2.75) is 26.7 Å². The predicted molar refractivity (Wildman–Crippen MR) is 154 cm³/mol. The molecule has 0 aliphatic carbocycles. The highest BCUT2D eigenvalue weighted by molar-refractivity contribution is 8.27. The third-order valence-corrected chi connectivity index (χ3v) is 7.15. The van der Waals surface area contributed by atoms with Gasteiger partial charge in [0.05, 0.1) is 17.7 Å². The van der Waals surface area contributed by atoms with E-state index in [1.54, 1.807) is 23.1 Å². The van der Waals surface area contributed by atoms with Crippen molar-refractivity contribution < 1.29 is 19.1 Å². The zero-order valence-corrected chi connectivity index (χ0v) is 22.7. The average Bonchev–Trinajstić information content (AvgIpc) is 3.15. The normalized spacial score (nSPS) is 14.4. The SMILES string of the molecule is COc1cc(/C=C2\SC(=S)N(c3ccccc3C)C2=O)ccc1OCC(=O)Nc1ccccc1C(C)C. The highest BCUT2D eigenvalue weighted by atomic mass is 32.2. The van der Waals surface area contributed by atoms with Gasteiger partial charge in [-0.05, 0) is 59.9 Å². The number of benzene rings is 3. The molecule has 1 aliphatic heterocycles. The minimum atomic E-state index is -0.265. The Morgan fingerprint density at radius 1 is 1.08 bits per heavy atom. The summed E-state index contributed by atoms with van der Waals surface area (Å²) in [6, 6.07) is 20.7. The van der Waals surface area contributed by atoms with Gasteiger partial charge in [-0.25, -0.2) is 0 Å². The molecule has 1 N–H and O–H groups in total. The van der Waals surface area contributed by atoms with Gasteiger partial charge in [0.25, 0.3) is 11.8 Å². The van der Waals surface area contributed by atoms with Gasteiger partial charge < -0.3 is 14.8 Å². The highest BCUT2D eigenvalue weighted by Crippen LogP contribution is 2.38. The molecule has 3 aromatic carbocycles. The number of nitrogens with one attached hydrogen (secondary N) is 1. The molecule has 1 aliphatic rings. The number of methoxy groups -OCH3 is 1. The van der Waals surface area contributed by atoms with Crippen molar-refractivity contribution in [1.82, 2.24) is 0 Å². The number of para-hydroxylation sites is 2. The van der Waals surface area contributed by atoms with Gasteiger partial charge in [0.1, 0.15) is 0 Å². The van der Waals surface area contributed by atoms with E-state index >= 15 is 0 Å². The van der Waals surface area contributed by atoms with E-state index in [4.69, 9.17) is 21.7 Å². The number of hydrogen-bond donors (Lipinski definition) is 1. The number of nitrogens with zero attached hydrogens (tertiary/aromatic N) is 1. The van der Waals surface area contributed by atoms with E-state index < -0.39 is 0 Å². The third kappa shape index (κ3) is 6.03. The summed E-state index contributed by atoms with van der Waals surface area (Å²) in [6.45, 7) is 5.94. The molecule has 190 valence electrons. The number of carbonyl (C=O) groups is 2. The molecule has 6 nitrogen and oxygen atoms in total. The molecule has 37 heavy (non-hydrogen) atoms. The maximum absolute atomic E-state index is 13.1. The van der Waals surface area contributed by atoms with Gasteiger partial charge >= 0.3 is 0 Å². The summed E-state index contributed by atoms with van der Waals surface area (Å²) in [4.78, 5) is 27.8. The topological polar surface area (TPSA) is 67.9 Å². The van der Waals surface area contributed by atoms with Crippen molar-refractivity contribution >= 4 is 57.6 Å². The van der Waals surface area contributed by atoms with Gasteiger partial charge in [-0.3, -0.25) is 14.5 Å². The maximum Gasteiger partial charge on any atom is 0.270 e. The van der Waals surface area contributed by atoms with Crippen LogP contribution < -0.4 is 19.7 Å². The van der Waals surface area contributed by atoms with E-state index in [0.29, 0.717) is 20.7 Å². The zero-order chi connectivity index (χ0) is 26.5. The van der Waals surface area contributed by atoms with Crippen molar-refractivity contribution in [3.8, 4) is 11.5 Å². The van der Waals surface area contributed by atoms with Crippen molar-refractivity contribution in [3.05, 3.63) is 88.3 Å². The minimum Gasteiger partial charge on any atom is -0.493 e. The first-order valence-corrected chi connectivity index (χ1v) is 13.0. The van der Waals surface area contributed by atoms with Crippen LogP contribution >= 0.6 is 24.0 Å². The molecule has 3 aromatic rings. The first kappa shape index (κ1) is 26.4. The number of amides is 2. The molecule has 0 aromatic heterocycles. The number of ether oxygens (including phenoxy) is 2. The molecular weight excluding hydrogens is 504 g/mol. The second kappa shape index (κ2) is 11.6. The number of aryl methyl sites for hydroxylation is 1. The largest absolute Gasteiger partial charge is 0.493 e. The molecule has 2 amide bonds. The van der Waals surface area contributed by atoms with Crippen LogP contribution in [0.3, 0.4) is 0 Å². The molecule has 1 saturated heterocycles. The Balaban J connectivity index is 1.46. The van der Waals surface area contributed by atoms with E-state index in [1.807, 2.05) is 61.5 Å². The lowest BCUT2D eigenvalue weighted by Gasteiger charge is -2.16. The summed E-state index contributed by atoms with van der Waals surface area (Å²) in [7, 11) is 1.53. The molecule has 0 saturated carbocycles. The molecule has 1 heterocycles. The smallest absolute Gasteiger partial charge is 0.270 e. The Bertz CT molecular complexity index is 1380. The van der Waals surface area contributed by atoms with E-state index in [1.165, 1.54) is 18.9 Å². The Kier molecular flexibility index (Phi) is 8.31. The van der Waals surface area contributed by atoms with Crippen LogP contribution in [0.5, 0.6) is 11.5 Å². The lowest BCUT2D eigenvalue weighted by Crippen LogP contribution is -2.28. The maximum atomic E-state index is 13.1. The van der Waals surface area contributed by atoms with E-state index in [0.717, 1.165) is 28.1 Å². The lowest BCUT2D eigenvalue weighted by molar-refractivity contribution is -0.118. The number of hydrogen-bond acceptors (Lipinski definition) is 6. The van der Waals surface area contributed by atoms with Crippen molar-refractivity contribution in [3.63, 3.8) is 0 Å². The Morgan fingerprint density at radius 3 is 2.54 bits per heavy atom. The fourth-order valence-electron chi connectivity index (χ4n) is 3.98. The minimum absolute atomic E-state index is 0.165. The summed E-state index contributed by atoms with van der Waals surface area (Å²) in [5.41, 5.74) is 4.34. The van der Waals surface area contributed by atoms with E-state index in [9.17, 15) is 9.59 Å². The van der Waals surface area contributed by atoms with Crippen molar-refractivity contribution in [2.24, 2.45) is 0 Å². The Labute approximate surface area is 226 Å². The van der Waals surface area contributed by atoms with E-state index in [2.05, 4.69) is 19.2 Å². The molecule has 0 atom stereocenters. The summed E-state index contributed by atoms with van der Waals surface area (Å²) < 4.78 is 11.7. The lowest BCUT2D eigenvalue weighted by atomic mass is 10.0. The summed E-state index contributed by atoms with van der Waals surface area (Å²) in [5, 5.41) is 2.92. The first-order chi connectivity index (χ1) is 17.8. The molecule has 0 bridgehead atoms. The van der Waals surface area contributed by atoms with Crippen LogP contribution in [0.4, 0.5) is 11.4 Å². The van der Waals surface area contributed by atoms with Gasteiger partial charge in [-0.2, -0.15) is 0 Å². The summed E-state index contributed by atoms with van der Waals surface area (Å²) >= 11 is 6.75. The highest BCUT2D eigenvalue weighted by Gasteiger charge is 2.34. The molecule has 4 rings (SSSR count). The first-order valence-electron chi connectivity index (χ1n) is 11.8. The van der Waals surface area contributed by atoms with Crippen molar-refractivity contribution in [2.75, 3.05) is 23.9 Å². The second-order valence-corrected chi connectivity index (χ2v) is 10.5. The number of thioether (sulfide) groups is 1. The van der Waals surface area contributed by atoms with Crippen LogP contribution in [0.2, 0.25) is 0 Å². The standard InChI is InChI=1S/C29H28N2O4S2/c1-18(2)21-10-6-7-11-22(21)30-27(32)17-35-24-14-13-20(15-25(24)34-4)16-26-28(33)31(29(36)37-26)23-12-8-5-9-19(23)3/h5-16,18H,17H2,1-4H3,(H,30,32)/b26-16-. The number of carbonyl (C=O) groups excluding carboxylic acids is 2. The van der Waals surface area contributed by atoms with Gasteiger partial charge in [0.2, 0.25) is 0 Å². The Hall–Kier alpha value is -3.62.